The molecule has 0 N–H and O–H groups in total. The molecule has 0 spiro atoms. The molecule has 2 heterocycles. The van der Waals surface area contributed by atoms with Crippen LogP contribution in [0.4, 0.5) is 13.2 Å². The normalized spacial score (nSPS) is 21.2. The monoisotopic (exact) mass is 324 g/mol. The van der Waals surface area contributed by atoms with Gasteiger partial charge in [-0.2, -0.15) is 13.2 Å². The molecule has 1 aliphatic heterocycles. The molecular formula is C11H12BrF3N2O. The molecule has 1 aliphatic rings. The van der Waals surface area contributed by atoms with E-state index in [9.17, 15) is 13.2 Å². The van der Waals surface area contributed by atoms with E-state index in [4.69, 9.17) is 4.74 Å². The van der Waals surface area contributed by atoms with Crippen molar-refractivity contribution in [2.75, 3.05) is 19.6 Å². The zero-order valence-corrected chi connectivity index (χ0v) is 11.0. The van der Waals surface area contributed by atoms with E-state index in [-0.39, 0.29) is 12.6 Å². The molecule has 1 unspecified atom stereocenters. The molecule has 2 rings (SSSR count). The van der Waals surface area contributed by atoms with Crippen LogP contribution in [0.5, 0.6) is 5.88 Å². The topological polar surface area (TPSA) is 25.4 Å². The Balaban J connectivity index is 1.84. The van der Waals surface area contributed by atoms with Crippen molar-refractivity contribution >= 4 is 15.9 Å². The van der Waals surface area contributed by atoms with Crippen molar-refractivity contribution < 1.29 is 17.9 Å². The summed E-state index contributed by atoms with van der Waals surface area (Å²) in [5.41, 5.74) is 0. The standard InChI is InChI=1S/C11H12BrF3N2O/c12-8-1-2-10(16-5-8)18-9-3-4-17(6-9)7-11(13,14)15/h1-2,5,9H,3-4,6-7H2. The maximum absolute atomic E-state index is 12.2. The number of pyridine rings is 1. The first-order chi connectivity index (χ1) is 8.42. The van der Waals surface area contributed by atoms with E-state index in [1.54, 1.807) is 18.3 Å². The maximum Gasteiger partial charge on any atom is 0.401 e. The van der Waals surface area contributed by atoms with E-state index in [2.05, 4.69) is 20.9 Å². The van der Waals surface area contributed by atoms with Gasteiger partial charge >= 0.3 is 6.18 Å². The number of alkyl halides is 3. The van der Waals surface area contributed by atoms with Crippen LogP contribution >= 0.6 is 15.9 Å². The van der Waals surface area contributed by atoms with Crippen molar-refractivity contribution in [3.63, 3.8) is 0 Å². The van der Waals surface area contributed by atoms with Crippen LogP contribution < -0.4 is 4.74 Å². The van der Waals surface area contributed by atoms with E-state index in [0.29, 0.717) is 18.8 Å². The lowest BCUT2D eigenvalue weighted by molar-refractivity contribution is -0.144. The highest BCUT2D eigenvalue weighted by Gasteiger charge is 2.35. The molecule has 0 saturated carbocycles. The Morgan fingerprint density at radius 1 is 1.44 bits per heavy atom. The van der Waals surface area contributed by atoms with Crippen LogP contribution in [0.15, 0.2) is 22.8 Å². The molecule has 1 atom stereocenters. The van der Waals surface area contributed by atoms with E-state index < -0.39 is 12.7 Å². The molecule has 0 radical (unpaired) electrons. The predicted molar refractivity (Wildman–Crippen MR) is 63.5 cm³/mol. The van der Waals surface area contributed by atoms with Crippen molar-refractivity contribution in [3.8, 4) is 5.88 Å². The van der Waals surface area contributed by atoms with Crippen LogP contribution in [-0.4, -0.2) is 41.8 Å². The smallest absolute Gasteiger partial charge is 0.401 e. The second-order valence-corrected chi connectivity index (χ2v) is 5.11. The summed E-state index contributed by atoms with van der Waals surface area (Å²) in [7, 11) is 0. The number of ether oxygens (including phenoxy) is 1. The second-order valence-electron chi connectivity index (χ2n) is 4.19. The van der Waals surface area contributed by atoms with Crippen LogP contribution in [0.1, 0.15) is 6.42 Å². The minimum absolute atomic E-state index is 0.221. The number of nitrogens with zero attached hydrogens (tertiary/aromatic N) is 2. The highest BCUT2D eigenvalue weighted by atomic mass is 79.9. The number of halogens is 4. The average Bonchev–Trinajstić information content (AvgIpc) is 2.66. The van der Waals surface area contributed by atoms with Gasteiger partial charge in [0.2, 0.25) is 5.88 Å². The Morgan fingerprint density at radius 3 is 2.83 bits per heavy atom. The van der Waals surface area contributed by atoms with E-state index in [1.807, 2.05) is 0 Å². The fourth-order valence-corrected chi connectivity index (χ4v) is 2.13. The average molecular weight is 325 g/mol. The van der Waals surface area contributed by atoms with Gasteiger partial charge in [0, 0.05) is 29.8 Å². The molecule has 0 amide bonds. The molecule has 3 nitrogen and oxygen atoms in total. The number of hydrogen-bond acceptors (Lipinski definition) is 3. The van der Waals surface area contributed by atoms with E-state index in [1.165, 1.54) is 4.90 Å². The zero-order valence-electron chi connectivity index (χ0n) is 9.45. The van der Waals surface area contributed by atoms with Gasteiger partial charge in [-0.15, -0.1) is 0 Å². The van der Waals surface area contributed by atoms with Crippen LogP contribution in [-0.2, 0) is 0 Å². The lowest BCUT2D eigenvalue weighted by atomic mass is 10.3. The van der Waals surface area contributed by atoms with Gasteiger partial charge in [0.05, 0.1) is 6.54 Å². The third-order valence-electron chi connectivity index (χ3n) is 2.62. The first-order valence-electron chi connectivity index (χ1n) is 5.50. The van der Waals surface area contributed by atoms with Gasteiger partial charge in [0.15, 0.2) is 0 Å². The highest BCUT2D eigenvalue weighted by molar-refractivity contribution is 9.10. The van der Waals surface area contributed by atoms with Gasteiger partial charge in [-0.25, -0.2) is 4.98 Å². The summed E-state index contributed by atoms with van der Waals surface area (Å²) in [6.07, 6.45) is -2.18. The van der Waals surface area contributed by atoms with Crippen LogP contribution in [0.3, 0.4) is 0 Å². The summed E-state index contributed by atoms with van der Waals surface area (Å²) < 4.78 is 43.0. The lowest BCUT2D eigenvalue weighted by Crippen LogP contribution is -2.33. The summed E-state index contributed by atoms with van der Waals surface area (Å²) in [5, 5.41) is 0. The van der Waals surface area contributed by atoms with Gasteiger partial charge in [-0.1, -0.05) is 0 Å². The van der Waals surface area contributed by atoms with Crippen molar-refractivity contribution in [2.45, 2.75) is 18.7 Å². The molecule has 18 heavy (non-hydrogen) atoms. The predicted octanol–water partition coefficient (Wildman–Crippen LogP) is 2.86. The SMILES string of the molecule is FC(F)(F)CN1CCC(Oc2ccc(Br)cn2)C1. The number of hydrogen-bond donors (Lipinski definition) is 0. The Kier molecular flexibility index (Phi) is 4.11. The molecule has 0 aromatic carbocycles. The Bertz CT molecular complexity index is 396. The number of aromatic nitrogens is 1. The van der Waals surface area contributed by atoms with Gasteiger partial charge < -0.3 is 4.74 Å². The number of likely N-dealkylation sites (tertiary alicyclic amines) is 1. The van der Waals surface area contributed by atoms with E-state index in [0.717, 1.165) is 4.47 Å². The highest BCUT2D eigenvalue weighted by Crippen LogP contribution is 2.22. The fourth-order valence-electron chi connectivity index (χ4n) is 1.89. The molecule has 100 valence electrons. The molecule has 1 aromatic heterocycles. The molecule has 0 bridgehead atoms. The first-order valence-corrected chi connectivity index (χ1v) is 6.29. The van der Waals surface area contributed by atoms with Crippen LogP contribution in [0.25, 0.3) is 0 Å². The molecular weight excluding hydrogens is 313 g/mol. The largest absolute Gasteiger partial charge is 0.473 e. The summed E-state index contributed by atoms with van der Waals surface area (Å²) in [6, 6.07) is 3.47. The zero-order chi connectivity index (χ0) is 13.2. The Hall–Kier alpha value is -0.820. The molecule has 0 aliphatic carbocycles. The summed E-state index contributed by atoms with van der Waals surface area (Å²) >= 11 is 3.25. The first kappa shape index (κ1) is 13.6. The Labute approximate surface area is 111 Å². The summed E-state index contributed by atoms with van der Waals surface area (Å²) in [4.78, 5) is 5.38. The molecule has 1 fully saturated rings. The maximum atomic E-state index is 12.2. The summed E-state index contributed by atoms with van der Waals surface area (Å²) in [6.45, 7) is -0.182. The third kappa shape index (κ3) is 4.13. The summed E-state index contributed by atoms with van der Waals surface area (Å²) in [5.74, 6) is 0.442. The second kappa shape index (κ2) is 5.44. The third-order valence-corrected chi connectivity index (χ3v) is 3.09. The van der Waals surface area contributed by atoms with Crippen LogP contribution in [0, 0.1) is 0 Å². The Morgan fingerprint density at radius 2 is 2.22 bits per heavy atom. The van der Waals surface area contributed by atoms with Gasteiger partial charge in [0.1, 0.15) is 6.10 Å². The fraction of sp³-hybridized carbons (Fsp3) is 0.545. The lowest BCUT2D eigenvalue weighted by Gasteiger charge is -2.17. The van der Waals surface area contributed by atoms with Gasteiger partial charge in [-0.3, -0.25) is 4.90 Å². The molecule has 7 heteroatoms. The van der Waals surface area contributed by atoms with Gasteiger partial charge in [0.25, 0.3) is 0 Å². The van der Waals surface area contributed by atoms with Gasteiger partial charge in [-0.05, 0) is 28.4 Å². The van der Waals surface area contributed by atoms with Crippen LogP contribution in [0.2, 0.25) is 0 Å². The van der Waals surface area contributed by atoms with Crippen molar-refractivity contribution in [1.82, 2.24) is 9.88 Å². The quantitative estimate of drug-likeness (QED) is 0.855. The number of rotatable bonds is 3. The van der Waals surface area contributed by atoms with Crippen molar-refractivity contribution in [2.24, 2.45) is 0 Å². The van der Waals surface area contributed by atoms with Crippen molar-refractivity contribution in [3.05, 3.63) is 22.8 Å². The molecule has 1 saturated heterocycles. The van der Waals surface area contributed by atoms with E-state index >= 15 is 0 Å². The minimum Gasteiger partial charge on any atom is -0.473 e. The molecule has 1 aromatic rings. The van der Waals surface area contributed by atoms with Crippen molar-refractivity contribution in [1.29, 1.82) is 0 Å². The minimum atomic E-state index is -4.15.